The highest BCUT2D eigenvalue weighted by Crippen LogP contribution is 2.26. The van der Waals surface area contributed by atoms with Gasteiger partial charge in [0.25, 0.3) is 0 Å². The van der Waals surface area contributed by atoms with E-state index in [9.17, 15) is 8.42 Å². The first-order valence-corrected chi connectivity index (χ1v) is 10.4. The number of sulfonamides is 1. The summed E-state index contributed by atoms with van der Waals surface area (Å²) < 4.78 is 22.7. The predicted molar refractivity (Wildman–Crippen MR) is 112 cm³/mol. The number of nitrogens with one attached hydrogen (secondary N) is 2. The molecule has 4 rings (SSSR count). The van der Waals surface area contributed by atoms with Gasteiger partial charge in [-0.05, 0) is 35.4 Å². The summed E-state index contributed by atoms with van der Waals surface area (Å²) in [6.45, 7) is 0. The summed E-state index contributed by atoms with van der Waals surface area (Å²) in [5, 5.41) is 14.8. The quantitative estimate of drug-likeness (QED) is 0.365. The van der Waals surface area contributed by atoms with Gasteiger partial charge in [-0.1, -0.05) is 24.3 Å². The summed E-state index contributed by atoms with van der Waals surface area (Å²) in [5.74, 6) is 1.33. The Morgan fingerprint density at radius 1 is 1.00 bits per heavy atom. The minimum absolute atomic E-state index is 0.0235. The van der Waals surface area contributed by atoms with Crippen LogP contribution in [0.3, 0.4) is 0 Å². The Kier molecular flexibility index (Phi) is 5.12. The van der Waals surface area contributed by atoms with Crippen LogP contribution in [-0.4, -0.2) is 33.6 Å². The van der Waals surface area contributed by atoms with Gasteiger partial charge in [-0.25, -0.2) is 23.5 Å². The first-order chi connectivity index (χ1) is 14.4. The number of aromatic amines is 1. The van der Waals surface area contributed by atoms with Crippen LogP contribution in [-0.2, 0) is 16.4 Å². The van der Waals surface area contributed by atoms with Crippen molar-refractivity contribution >= 4 is 27.5 Å². The van der Waals surface area contributed by atoms with Crippen LogP contribution in [0.1, 0.15) is 11.4 Å². The molecule has 0 fully saturated rings. The lowest BCUT2D eigenvalue weighted by Crippen LogP contribution is -2.11. The van der Waals surface area contributed by atoms with Gasteiger partial charge >= 0.3 is 0 Å². The maximum Gasteiger partial charge on any atom is 0.238 e. The molecule has 0 bridgehead atoms. The van der Waals surface area contributed by atoms with Gasteiger partial charge in [0, 0.05) is 23.9 Å². The molecule has 30 heavy (non-hydrogen) atoms. The first-order valence-electron chi connectivity index (χ1n) is 8.85. The van der Waals surface area contributed by atoms with E-state index in [1.165, 1.54) is 12.1 Å². The summed E-state index contributed by atoms with van der Waals surface area (Å²) in [7, 11) is -3.74. The zero-order valence-electron chi connectivity index (χ0n) is 15.6. The number of hydrogen-bond acceptors (Lipinski definition) is 8. The van der Waals surface area contributed by atoms with Gasteiger partial charge in [-0.3, -0.25) is 5.10 Å². The van der Waals surface area contributed by atoms with Gasteiger partial charge in [-0.15, -0.1) is 0 Å². The minimum Gasteiger partial charge on any atom is -0.383 e. The fourth-order valence-electron chi connectivity index (χ4n) is 2.84. The number of primary sulfonamides is 1. The zero-order chi connectivity index (χ0) is 21.1. The van der Waals surface area contributed by atoms with E-state index in [-0.39, 0.29) is 4.90 Å². The van der Waals surface area contributed by atoms with Gasteiger partial charge < -0.3 is 11.1 Å². The maximum absolute atomic E-state index is 11.3. The van der Waals surface area contributed by atoms with Crippen LogP contribution in [0.2, 0.25) is 0 Å². The molecular formula is C19H18N8O2S. The number of anilines is 3. The molecule has 0 unspecified atom stereocenters. The van der Waals surface area contributed by atoms with Crippen LogP contribution in [0.4, 0.5) is 17.5 Å². The van der Waals surface area contributed by atoms with Gasteiger partial charge in [0.15, 0.2) is 5.82 Å². The monoisotopic (exact) mass is 422 g/mol. The van der Waals surface area contributed by atoms with Crippen molar-refractivity contribution in [2.75, 3.05) is 11.1 Å². The van der Waals surface area contributed by atoms with Crippen LogP contribution < -0.4 is 16.2 Å². The van der Waals surface area contributed by atoms with E-state index < -0.39 is 10.0 Å². The number of benzene rings is 2. The number of rotatable bonds is 6. The molecule has 11 heteroatoms. The molecule has 152 valence electrons. The number of nitrogens with zero attached hydrogens (tertiary/aromatic N) is 4. The number of aromatic nitrogens is 5. The summed E-state index contributed by atoms with van der Waals surface area (Å²) in [4.78, 5) is 12.7. The average molecular weight is 422 g/mol. The molecule has 0 spiro atoms. The highest BCUT2D eigenvalue weighted by Gasteiger charge is 2.10. The van der Waals surface area contributed by atoms with E-state index in [0.717, 1.165) is 17.0 Å². The normalized spacial score (nSPS) is 11.4. The molecule has 4 aromatic rings. The molecule has 0 radical (unpaired) electrons. The third kappa shape index (κ3) is 4.42. The molecule has 2 heterocycles. The Balaban J connectivity index is 1.49. The van der Waals surface area contributed by atoms with E-state index >= 15 is 0 Å². The number of H-pyrrole nitrogens is 1. The Morgan fingerprint density at radius 2 is 1.73 bits per heavy atom. The zero-order valence-corrected chi connectivity index (χ0v) is 16.5. The van der Waals surface area contributed by atoms with Crippen LogP contribution in [0.5, 0.6) is 0 Å². The van der Waals surface area contributed by atoms with Crippen LogP contribution >= 0.6 is 0 Å². The van der Waals surface area contributed by atoms with Crippen molar-refractivity contribution in [3.63, 3.8) is 0 Å². The summed E-state index contributed by atoms with van der Waals surface area (Å²) in [5.41, 5.74) is 9.38. The predicted octanol–water partition coefficient (Wildman–Crippen LogP) is 1.83. The van der Waals surface area contributed by atoms with Crippen molar-refractivity contribution in [1.29, 1.82) is 0 Å². The van der Waals surface area contributed by atoms with E-state index in [0.29, 0.717) is 29.4 Å². The molecule has 6 N–H and O–H groups in total. The molecule has 0 aliphatic rings. The van der Waals surface area contributed by atoms with E-state index in [1.54, 1.807) is 24.7 Å². The average Bonchev–Trinajstić information content (AvgIpc) is 3.22. The summed E-state index contributed by atoms with van der Waals surface area (Å²) in [6, 6.07) is 13.8. The van der Waals surface area contributed by atoms with E-state index in [4.69, 9.17) is 10.9 Å². The van der Waals surface area contributed by atoms with Gasteiger partial charge in [0.1, 0.15) is 12.1 Å². The first kappa shape index (κ1) is 19.5. The molecule has 0 saturated carbocycles. The van der Waals surface area contributed by atoms with Crippen molar-refractivity contribution < 1.29 is 8.42 Å². The molecule has 0 saturated heterocycles. The number of nitrogen functional groups attached to an aromatic ring is 1. The largest absolute Gasteiger partial charge is 0.383 e. The highest BCUT2D eigenvalue weighted by molar-refractivity contribution is 7.89. The Hall–Kier alpha value is -3.83. The minimum atomic E-state index is -3.74. The summed E-state index contributed by atoms with van der Waals surface area (Å²) in [6.07, 6.45) is 3.81. The van der Waals surface area contributed by atoms with Gasteiger partial charge in [0.05, 0.1) is 4.90 Å². The lowest BCUT2D eigenvalue weighted by atomic mass is 10.0. The standard InChI is InChI=1S/C19H18N8O2S/c20-18-16(13-3-1-12(2-4-13)9-17-23-11-24-27-17)10-22-19(26-18)25-14-5-7-15(8-6-14)30(21,28)29/h1-8,10-11H,9H2,(H2,21,28,29)(H,23,24,27)(H3,20,22,25,26). The second kappa shape index (κ2) is 7.89. The maximum atomic E-state index is 11.3. The number of hydrogen-bond donors (Lipinski definition) is 4. The number of nitrogens with two attached hydrogens (primary N) is 2. The fourth-order valence-corrected chi connectivity index (χ4v) is 3.36. The fraction of sp³-hybridized carbons (Fsp3) is 0.0526. The third-order valence-corrected chi connectivity index (χ3v) is 5.28. The Labute approximate surface area is 172 Å². The lowest BCUT2D eigenvalue weighted by Gasteiger charge is -2.09. The Bertz CT molecular complexity index is 1260. The molecule has 2 aromatic heterocycles. The lowest BCUT2D eigenvalue weighted by molar-refractivity contribution is 0.598. The van der Waals surface area contributed by atoms with E-state index in [2.05, 4.69) is 30.5 Å². The highest BCUT2D eigenvalue weighted by atomic mass is 32.2. The van der Waals surface area contributed by atoms with Crippen LogP contribution in [0.25, 0.3) is 11.1 Å². The molecule has 0 atom stereocenters. The Morgan fingerprint density at radius 3 is 2.33 bits per heavy atom. The molecule has 0 aliphatic heterocycles. The van der Waals surface area contributed by atoms with Gasteiger partial charge in [0.2, 0.25) is 16.0 Å². The van der Waals surface area contributed by atoms with Crippen LogP contribution in [0, 0.1) is 0 Å². The van der Waals surface area contributed by atoms with Gasteiger partial charge in [-0.2, -0.15) is 10.1 Å². The molecular weight excluding hydrogens is 404 g/mol. The second-order valence-corrected chi connectivity index (χ2v) is 8.04. The molecule has 2 aromatic carbocycles. The molecule has 0 amide bonds. The SMILES string of the molecule is Nc1nc(Nc2ccc(S(N)(=O)=O)cc2)ncc1-c1ccc(Cc2nc[nH]n2)cc1. The summed E-state index contributed by atoms with van der Waals surface area (Å²) >= 11 is 0. The molecule has 10 nitrogen and oxygen atoms in total. The molecule has 0 aliphatic carbocycles. The van der Waals surface area contributed by atoms with Crippen LogP contribution in [0.15, 0.2) is 66.0 Å². The second-order valence-electron chi connectivity index (χ2n) is 6.48. The smallest absolute Gasteiger partial charge is 0.238 e. The van der Waals surface area contributed by atoms with Crippen molar-refractivity contribution in [3.05, 3.63) is 72.4 Å². The van der Waals surface area contributed by atoms with E-state index in [1.807, 2.05) is 24.3 Å². The van der Waals surface area contributed by atoms with Crippen molar-refractivity contribution in [2.24, 2.45) is 5.14 Å². The third-order valence-electron chi connectivity index (χ3n) is 4.35. The van der Waals surface area contributed by atoms with Crippen molar-refractivity contribution in [2.45, 2.75) is 11.3 Å². The van der Waals surface area contributed by atoms with Crippen molar-refractivity contribution in [1.82, 2.24) is 25.1 Å². The topological polar surface area (TPSA) is 166 Å². The van der Waals surface area contributed by atoms with Crippen molar-refractivity contribution in [3.8, 4) is 11.1 Å².